The van der Waals surface area contributed by atoms with Gasteiger partial charge in [-0.2, -0.15) is 0 Å². The summed E-state index contributed by atoms with van der Waals surface area (Å²) in [7, 11) is 0. The Labute approximate surface area is 107 Å². The van der Waals surface area contributed by atoms with Crippen LogP contribution in [0.1, 0.15) is 6.92 Å². The normalized spacial score (nSPS) is 10.3. The van der Waals surface area contributed by atoms with Crippen molar-refractivity contribution < 1.29 is 4.74 Å². The van der Waals surface area contributed by atoms with Crippen LogP contribution in [-0.2, 0) is 6.54 Å². The molecule has 2 rings (SSSR count). The highest BCUT2D eigenvalue weighted by atomic mass is 16.5. The van der Waals surface area contributed by atoms with Gasteiger partial charge in [-0.3, -0.25) is 0 Å². The molecule has 0 aliphatic heterocycles. The number of aryl methyl sites for hydroxylation is 1. The molecule has 0 saturated heterocycles. The van der Waals surface area contributed by atoms with Gasteiger partial charge in [-0.1, -0.05) is 12.1 Å². The van der Waals surface area contributed by atoms with Gasteiger partial charge in [0.15, 0.2) is 0 Å². The molecule has 2 aromatic rings. The van der Waals surface area contributed by atoms with Crippen molar-refractivity contribution in [3.8, 4) is 5.75 Å². The predicted octanol–water partition coefficient (Wildman–Crippen LogP) is 1.98. The fourth-order valence-corrected chi connectivity index (χ4v) is 1.67. The molecule has 18 heavy (non-hydrogen) atoms. The van der Waals surface area contributed by atoms with Crippen molar-refractivity contribution in [1.82, 2.24) is 9.55 Å². The number of hydrogen-bond donors (Lipinski definition) is 2. The molecule has 0 atom stereocenters. The van der Waals surface area contributed by atoms with E-state index in [1.807, 2.05) is 35.0 Å². The number of benzene rings is 1. The van der Waals surface area contributed by atoms with Gasteiger partial charge in [0.05, 0.1) is 12.2 Å². The zero-order valence-corrected chi connectivity index (χ0v) is 10.5. The maximum Gasteiger partial charge on any atom is 0.202 e. The minimum Gasteiger partial charge on any atom is -0.490 e. The lowest BCUT2D eigenvalue weighted by Gasteiger charge is -2.10. The third kappa shape index (κ3) is 2.94. The number of nitrogens with two attached hydrogens (primary N) is 1. The third-order valence-corrected chi connectivity index (χ3v) is 2.62. The molecule has 96 valence electrons. The number of nitrogen functional groups attached to an aromatic ring is 1. The van der Waals surface area contributed by atoms with Crippen LogP contribution in [0.25, 0.3) is 0 Å². The molecule has 0 spiro atoms. The van der Waals surface area contributed by atoms with E-state index in [1.165, 1.54) is 0 Å². The maximum atomic E-state index is 5.78. The van der Waals surface area contributed by atoms with Crippen LogP contribution in [0.2, 0.25) is 0 Å². The fourth-order valence-electron chi connectivity index (χ4n) is 1.67. The van der Waals surface area contributed by atoms with E-state index in [0.717, 1.165) is 18.2 Å². The maximum absolute atomic E-state index is 5.78. The van der Waals surface area contributed by atoms with Crippen LogP contribution in [0, 0.1) is 0 Å². The van der Waals surface area contributed by atoms with Gasteiger partial charge in [0.2, 0.25) is 5.95 Å². The van der Waals surface area contributed by atoms with Crippen molar-refractivity contribution >= 4 is 11.6 Å². The van der Waals surface area contributed by atoms with Crippen LogP contribution in [0.4, 0.5) is 11.6 Å². The highest BCUT2D eigenvalue weighted by Gasteiger charge is 2.01. The fraction of sp³-hybridized carbons (Fsp3) is 0.308. The van der Waals surface area contributed by atoms with Crippen LogP contribution in [-0.4, -0.2) is 22.7 Å². The van der Waals surface area contributed by atoms with E-state index in [9.17, 15) is 0 Å². The number of ether oxygens (including phenoxy) is 1. The summed E-state index contributed by atoms with van der Waals surface area (Å²) in [5.41, 5.74) is 6.44. The monoisotopic (exact) mass is 246 g/mol. The van der Waals surface area contributed by atoms with Gasteiger partial charge in [-0.05, 0) is 19.1 Å². The van der Waals surface area contributed by atoms with Gasteiger partial charge in [0.1, 0.15) is 12.4 Å². The smallest absolute Gasteiger partial charge is 0.202 e. The summed E-state index contributed by atoms with van der Waals surface area (Å²) < 4.78 is 7.62. The largest absolute Gasteiger partial charge is 0.490 e. The molecule has 0 amide bonds. The van der Waals surface area contributed by atoms with E-state index < -0.39 is 0 Å². The van der Waals surface area contributed by atoms with E-state index in [2.05, 4.69) is 17.2 Å². The second-order valence-electron chi connectivity index (χ2n) is 3.85. The van der Waals surface area contributed by atoms with Crippen molar-refractivity contribution in [3.63, 3.8) is 0 Å². The highest BCUT2D eigenvalue weighted by molar-refractivity contribution is 5.51. The van der Waals surface area contributed by atoms with E-state index in [1.54, 1.807) is 6.20 Å². The lowest BCUT2D eigenvalue weighted by atomic mass is 10.3. The first kappa shape index (κ1) is 12.3. The number of aromatic nitrogens is 2. The molecule has 5 nitrogen and oxygen atoms in total. The number of anilines is 2. The van der Waals surface area contributed by atoms with Crippen LogP contribution in [0.5, 0.6) is 5.75 Å². The molecule has 1 aromatic heterocycles. The number of nitrogens with zero attached hydrogens (tertiary/aromatic N) is 2. The minimum absolute atomic E-state index is 0.546. The van der Waals surface area contributed by atoms with E-state index >= 15 is 0 Å². The molecule has 5 heteroatoms. The molecule has 0 saturated carbocycles. The van der Waals surface area contributed by atoms with E-state index in [-0.39, 0.29) is 0 Å². The third-order valence-electron chi connectivity index (χ3n) is 2.62. The number of rotatable bonds is 6. The molecule has 0 radical (unpaired) electrons. The van der Waals surface area contributed by atoms with E-state index in [0.29, 0.717) is 18.8 Å². The van der Waals surface area contributed by atoms with Gasteiger partial charge in [-0.25, -0.2) is 4.98 Å². The molecular weight excluding hydrogens is 228 g/mol. The standard InChI is InChI=1S/C13H18N4O/c1-2-17-9-7-15-13(17)16-8-10-18-12-6-4-3-5-11(12)14/h3-7,9H,2,8,10,14H2,1H3,(H,15,16). The summed E-state index contributed by atoms with van der Waals surface area (Å²) >= 11 is 0. The van der Waals surface area contributed by atoms with Crippen LogP contribution in [0.3, 0.4) is 0 Å². The summed E-state index contributed by atoms with van der Waals surface area (Å²) in [5.74, 6) is 1.58. The zero-order chi connectivity index (χ0) is 12.8. The Kier molecular flexibility index (Phi) is 4.06. The van der Waals surface area contributed by atoms with E-state index in [4.69, 9.17) is 10.5 Å². The second-order valence-corrected chi connectivity index (χ2v) is 3.85. The number of imidazole rings is 1. The summed E-state index contributed by atoms with van der Waals surface area (Å²) in [4.78, 5) is 4.22. The summed E-state index contributed by atoms with van der Waals surface area (Å²) in [6.45, 7) is 4.21. The first-order chi connectivity index (χ1) is 8.81. The molecule has 0 unspecified atom stereocenters. The minimum atomic E-state index is 0.546. The molecule has 0 aliphatic carbocycles. The second kappa shape index (κ2) is 5.95. The summed E-state index contributed by atoms with van der Waals surface area (Å²) in [5, 5.41) is 3.22. The molecule has 3 N–H and O–H groups in total. The molecule has 0 aliphatic rings. The first-order valence-electron chi connectivity index (χ1n) is 6.03. The molecular formula is C13H18N4O. The van der Waals surface area contributed by atoms with Crippen molar-refractivity contribution in [2.45, 2.75) is 13.5 Å². The van der Waals surface area contributed by atoms with Gasteiger partial charge in [0, 0.05) is 18.9 Å². The van der Waals surface area contributed by atoms with Crippen molar-refractivity contribution in [2.24, 2.45) is 0 Å². The number of para-hydroxylation sites is 2. The lowest BCUT2D eigenvalue weighted by molar-refractivity contribution is 0.334. The van der Waals surface area contributed by atoms with Crippen LogP contribution < -0.4 is 15.8 Å². The summed E-state index contributed by atoms with van der Waals surface area (Å²) in [6, 6.07) is 7.48. The number of nitrogens with one attached hydrogen (secondary N) is 1. The topological polar surface area (TPSA) is 65.1 Å². The Morgan fingerprint density at radius 1 is 1.39 bits per heavy atom. The molecule has 1 heterocycles. The quantitative estimate of drug-likeness (QED) is 0.604. The summed E-state index contributed by atoms with van der Waals surface area (Å²) in [6.07, 6.45) is 3.72. The van der Waals surface area contributed by atoms with Gasteiger partial charge in [-0.15, -0.1) is 0 Å². The Hall–Kier alpha value is -2.17. The average molecular weight is 246 g/mol. The average Bonchev–Trinajstić information content (AvgIpc) is 2.84. The van der Waals surface area contributed by atoms with Gasteiger partial charge < -0.3 is 20.4 Å². The molecule has 0 bridgehead atoms. The SMILES string of the molecule is CCn1ccnc1NCCOc1ccccc1N. The van der Waals surface area contributed by atoms with Crippen LogP contribution in [0.15, 0.2) is 36.7 Å². The Morgan fingerprint density at radius 2 is 2.22 bits per heavy atom. The lowest BCUT2D eigenvalue weighted by Crippen LogP contribution is -2.15. The van der Waals surface area contributed by atoms with Crippen LogP contribution >= 0.6 is 0 Å². The molecule has 1 aromatic carbocycles. The Morgan fingerprint density at radius 3 is 3.00 bits per heavy atom. The Balaban J connectivity index is 1.78. The zero-order valence-electron chi connectivity index (χ0n) is 10.5. The highest BCUT2D eigenvalue weighted by Crippen LogP contribution is 2.19. The first-order valence-corrected chi connectivity index (χ1v) is 6.03. The predicted molar refractivity (Wildman–Crippen MR) is 72.7 cm³/mol. The van der Waals surface area contributed by atoms with Gasteiger partial charge in [0.25, 0.3) is 0 Å². The van der Waals surface area contributed by atoms with Crippen molar-refractivity contribution in [3.05, 3.63) is 36.7 Å². The van der Waals surface area contributed by atoms with Crippen molar-refractivity contribution in [1.29, 1.82) is 0 Å². The van der Waals surface area contributed by atoms with Crippen molar-refractivity contribution in [2.75, 3.05) is 24.2 Å². The van der Waals surface area contributed by atoms with Gasteiger partial charge >= 0.3 is 0 Å². The molecule has 0 fully saturated rings. The Bertz CT molecular complexity index is 495. The number of hydrogen-bond acceptors (Lipinski definition) is 4.